The summed E-state index contributed by atoms with van der Waals surface area (Å²) in [6.07, 6.45) is 6.01. The van der Waals surface area contributed by atoms with Gasteiger partial charge in [0, 0.05) is 5.92 Å². The Bertz CT molecular complexity index is 1040. The van der Waals surface area contributed by atoms with Gasteiger partial charge in [-0.3, -0.25) is 0 Å². The lowest BCUT2D eigenvalue weighted by Gasteiger charge is -2.25. The minimum atomic E-state index is 0.213. The van der Waals surface area contributed by atoms with Crippen LogP contribution in [-0.4, -0.2) is 0 Å². The lowest BCUT2D eigenvalue weighted by Crippen LogP contribution is -2.12. The second-order valence-corrected chi connectivity index (χ2v) is 11.1. The highest BCUT2D eigenvalue weighted by atomic mass is 14.4. The zero-order chi connectivity index (χ0) is 19.8. The maximum atomic E-state index is 2.50. The molecule has 3 aliphatic rings. The molecule has 0 amide bonds. The van der Waals surface area contributed by atoms with Crippen LogP contribution in [0.5, 0.6) is 0 Å². The van der Waals surface area contributed by atoms with Crippen molar-refractivity contribution in [2.24, 2.45) is 0 Å². The van der Waals surface area contributed by atoms with E-state index in [2.05, 4.69) is 84.0 Å². The Morgan fingerprint density at radius 1 is 0.786 bits per heavy atom. The van der Waals surface area contributed by atoms with Gasteiger partial charge >= 0.3 is 0 Å². The quantitative estimate of drug-likeness (QED) is 0.450. The van der Waals surface area contributed by atoms with Gasteiger partial charge in [-0.25, -0.2) is 0 Å². The van der Waals surface area contributed by atoms with Gasteiger partial charge in [0.15, 0.2) is 0 Å². The highest BCUT2D eigenvalue weighted by molar-refractivity contribution is 5.83. The zero-order valence-corrected chi connectivity index (χ0v) is 18.2. The molecule has 0 saturated carbocycles. The Hall–Kier alpha value is -2.08. The molecule has 2 aromatic rings. The smallest absolute Gasteiger partial charge is 0.00982 e. The van der Waals surface area contributed by atoms with Crippen molar-refractivity contribution >= 4 is 11.6 Å². The topological polar surface area (TPSA) is 0 Å². The second-order valence-electron chi connectivity index (χ2n) is 11.1. The van der Waals surface area contributed by atoms with Gasteiger partial charge in [0.05, 0.1) is 0 Å². The molecule has 28 heavy (non-hydrogen) atoms. The minimum absolute atomic E-state index is 0.213. The fraction of sp³-hybridized carbons (Fsp3) is 0.429. The van der Waals surface area contributed by atoms with E-state index in [-0.39, 0.29) is 10.8 Å². The molecule has 0 N–H and O–H groups in total. The average molecular weight is 369 g/mol. The molecule has 0 saturated heterocycles. The van der Waals surface area contributed by atoms with Crippen molar-refractivity contribution in [3.63, 3.8) is 0 Å². The van der Waals surface area contributed by atoms with Crippen LogP contribution >= 0.6 is 0 Å². The van der Waals surface area contributed by atoms with E-state index in [0.29, 0.717) is 5.92 Å². The summed E-state index contributed by atoms with van der Waals surface area (Å²) < 4.78 is 0. The van der Waals surface area contributed by atoms with E-state index in [0.717, 1.165) is 12.8 Å². The molecule has 0 bridgehead atoms. The van der Waals surface area contributed by atoms with Crippen molar-refractivity contribution in [1.82, 2.24) is 0 Å². The van der Waals surface area contributed by atoms with E-state index in [1.807, 2.05) is 0 Å². The van der Waals surface area contributed by atoms with Gasteiger partial charge in [0.2, 0.25) is 0 Å². The van der Waals surface area contributed by atoms with Crippen molar-refractivity contribution in [2.45, 2.75) is 77.6 Å². The maximum Gasteiger partial charge on any atom is 0.00982 e. The zero-order valence-electron chi connectivity index (χ0n) is 18.2. The molecular formula is C28H32. The van der Waals surface area contributed by atoms with Crippen LogP contribution in [0.2, 0.25) is 0 Å². The van der Waals surface area contributed by atoms with Crippen molar-refractivity contribution < 1.29 is 0 Å². The molecule has 5 rings (SSSR count). The van der Waals surface area contributed by atoms with Crippen molar-refractivity contribution in [3.8, 4) is 0 Å². The van der Waals surface area contributed by atoms with Crippen LogP contribution in [0.15, 0.2) is 47.5 Å². The fourth-order valence-corrected chi connectivity index (χ4v) is 5.29. The van der Waals surface area contributed by atoms with Gasteiger partial charge in [0.25, 0.3) is 0 Å². The van der Waals surface area contributed by atoms with Gasteiger partial charge in [-0.15, -0.1) is 0 Å². The third-order valence-corrected chi connectivity index (χ3v) is 7.08. The molecule has 3 aliphatic carbocycles. The molecule has 0 radical (unpaired) electrons. The van der Waals surface area contributed by atoms with Crippen LogP contribution in [0, 0.1) is 0 Å². The summed E-state index contributed by atoms with van der Waals surface area (Å²) in [6, 6.07) is 14.4. The summed E-state index contributed by atoms with van der Waals surface area (Å²) in [5.74, 6) is 0.610. The third-order valence-electron chi connectivity index (χ3n) is 7.08. The van der Waals surface area contributed by atoms with Gasteiger partial charge in [-0.2, -0.15) is 0 Å². The monoisotopic (exact) mass is 368 g/mol. The molecule has 1 unspecified atom stereocenters. The molecule has 2 aromatic carbocycles. The number of benzene rings is 2. The maximum absolute atomic E-state index is 2.50. The van der Waals surface area contributed by atoms with Crippen LogP contribution in [0.4, 0.5) is 0 Å². The molecule has 0 nitrogen and oxygen atoms in total. The molecule has 1 atom stereocenters. The molecule has 0 spiro atoms. The Morgan fingerprint density at radius 2 is 1.46 bits per heavy atom. The number of fused-ring (bicyclic) bond motifs is 5. The van der Waals surface area contributed by atoms with E-state index in [9.17, 15) is 0 Å². The summed E-state index contributed by atoms with van der Waals surface area (Å²) in [4.78, 5) is 0. The molecule has 0 heteroatoms. The van der Waals surface area contributed by atoms with Crippen LogP contribution in [0.25, 0.3) is 11.6 Å². The van der Waals surface area contributed by atoms with E-state index in [4.69, 9.17) is 0 Å². The number of allylic oxidation sites excluding steroid dienone is 3. The SMILES string of the molecule is CC(C)(C)c1ccc2c(c1)C=C1CC3=C(Cc4cc(C(C)(C)C)ccc43)CC12. The Labute approximate surface area is 170 Å². The lowest BCUT2D eigenvalue weighted by atomic mass is 9.78. The number of hydrogen-bond acceptors (Lipinski definition) is 0. The normalized spacial score (nSPS) is 20.5. The Balaban J connectivity index is 1.49. The van der Waals surface area contributed by atoms with E-state index in [1.54, 1.807) is 27.8 Å². The Kier molecular flexibility index (Phi) is 3.67. The first kappa shape index (κ1) is 18.0. The molecule has 0 aliphatic heterocycles. The van der Waals surface area contributed by atoms with Gasteiger partial charge < -0.3 is 0 Å². The molecular weight excluding hydrogens is 336 g/mol. The summed E-state index contributed by atoms with van der Waals surface area (Å²) in [6.45, 7) is 13.9. The highest BCUT2D eigenvalue weighted by Crippen LogP contribution is 2.53. The summed E-state index contributed by atoms with van der Waals surface area (Å²) in [5, 5.41) is 0. The number of hydrogen-bond donors (Lipinski definition) is 0. The van der Waals surface area contributed by atoms with Crippen molar-refractivity contribution in [1.29, 1.82) is 0 Å². The van der Waals surface area contributed by atoms with Crippen LogP contribution in [-0.2, 0) is 17.3 Å². The molecule has 144 valence electrons. The third kappa shape index (κ3) is 2.72. The van der Waals surface area contributed by atoms with E-state index in [1.165, 1.54) is 28.7 Å². The Morgan fingerprint density at radius 3 is 2.18 bits per heavy atom. The molecule has 0 heterocycles. The standard InChI is InChI=1S/C28H32/c1-27(2,3)21-7-9-23-17(13-21)11-19-15-26-20(16-25(19)23)12-18-14-22(28(4,5)6)8-10-24(18)26/h7-11,13-14,25H,12,15-16H2,1-6H3. The van der Waals surface area contributed by atoms with Crippen LogP contribution in [0.1, 0.15) is 93.7 Å². The largest absolute Gasteiger partial charge is 0.0607 e. The summed E-state index contributed by atoms with van der Waals surface area (Å²) >= 11 is 0. The second kappa shape index (κ2) is 5.72. The van der Waals surface area contributed by atoms with Crippen molar-refractivity contribution in [2.75, 3.05) is 0 Å². The number of rotatable bonds is 0. The van der Waals surface area contributed by atoms with Crippen LogP contribution in [0.3, 0.4) is 0 Å². The molecule has 0 aromatic heterocycles. The lowest BCUT2D eigenvalue weighted by molar-refractivity contribution is 0.589. The summed E-state index contributed by atoms with van der Waals surface area (Å²) in [5.41, 5.74) is 14.4. The van der Waals surface area contributed by atoms with E-state index >= 15 is 0 Å². The van der Waals surface area contributed by atoms with E-state index < -0.39 is 0 Å². The van der Waals surface area contributed by atoms with Gasteiger partial charge in [0.1, 0.15) is 0 Å². The van der Waals surface area contributed by atoms with Gasteiger partial charge in [-0.05, 0) is 69.0 Å². The highest BCUT2D eigenvalue weighted by Gasteiger charge is 2.35. The first-order valence-electron chi connectivity index (χ1n) is 10.8. The first-order chi connectivity index (χ1) is 13.1. The minimum Gasteiger partial charge on any atom is -0.0607 e. The predicted molar refractivity (Wildman–Crippen MR) is 121 cm³/mol. The van der Waals surface area contributed by atoms with Crippen LogP contribution < -0.4 is 0 Å². The summed E-state index contributed by atoms with van der Waals surface area (Å²) in [7, 11) is 0. The van der Waals surface area contributed by atoms with Crippen molar-refractivity contribution in [3.05, 3.63) is 80.9 Å². The average Bonchev–Trinajstić information content (AvgIpc) is 3.14. The predicted octanol–water partition coefficient (Wildman–Crippen LogP) is 7.57. The van der Waals surface area contributed by atoms with Gasteiger partial charge in [-0.1, -0.05) is 95.2 Å². The fourth-order valence-electron chi connectivity index (χ4n) is 5.29. The molecule has 0 fully saturated rings. The first-order valence-corrected chi connectivity index (χ1v) is 10.8.